The van der Waals surface area contributed by atoms with Crippen molar-refractivity contribution >= 4 is 11.8 Å². The van der Waals surface area contributed by atoms with Crippen LogP contribution in [0, 0.1) is 18.8 Å². The molecule has 1 aromatic carbocycles. The Morgan fingerprint density at radius 3 is 2.71 bits per heavy atom. The lowest BCUT2D eigenvalue weighted by Crippen LogP contribution is -2.58. The Morgan fingerprint density at radius 1 is 1.29 bits per heavy atom. The number of fused-ring (bicyclic) bond motifs is 4. The molecular weight excluding hydrogens is 432 g/mol. The second kappa shape index (κ2) is 9.15. The van der Waals surface area contributed by atoms with E-state index in [1.165, 1.54) is 12.5 Å². The molecule has 2 saturated heterocycles. The van der Waals surface area contributed by atoms with Gasteiger partial charge in [-0.25, -0.2) is 0 Å². The third-order valence-corrected chi connectivity index (χ3v) is 7.32. The van der Waals surface area contributed by atoms with Crippen LogP contribution in [0.2, 0.25) is 0 Å². The Kier molecular flexibility index (Phi) is 6.73. The Labute approximate surface area is 203 Å². The summed E-state index contributed by atoms with van der Waals surface area (Å²) in [7, 11) is 0. The molecule has 4 rings (SSSR count). The molecule has 0 aromatic heterocycles. The van der Waals surface area contributed by atoms with Crippen molar-refractivity contribution < 1.29 is 23.8 Å². The summed E-state index contributed by atoms with van der Waals surface area (Å²) in [4.78, 5) is 27.1. The van der Waals surface area contributed by atoms with Gasteiger partial charge in [-0.2, -0.15) is 0 Å². The zero-order chi connectivity index (χ0) is 24.8. The van der Waals surface area contributed by atoms with Crippen LogP contribution in [0.3, 0.4) is 0 Å². The minimum absolute atomic E-state index is 0.00941. The molecule has 188 valence electrons. The average molecular weight is 473 g/mol. The molecule has 5 atom stereocenters. The molecule has 3 aliphatic heterocycles. The first-order valence-electron chi connectivity index (χ1n) is 12.5. The van der Waals surface area contributed by atoms with E-state index < -0.39 is 11.6 Å². The lowest BCUT2D eigenvalue weighted by atomic mass is 9.70. The summed E-state index contributed by atoms with van der Waals surface area (Å²) in [6.45, 7) is 15.0. The average Bonchev–Trinajstić information content (AvgIpc) is 2.73. The lowest BCUT2D eigenvalue weighted by Gasteiger charge is -2.53. The topological polar surface area (TPSA) is 77.1 Å². The second-order valence-electron chi connectivity index (χ2n) is 11.7. The number of aryl methyl sites for hydroxylation is 1. The molecule has 34 heavy (non-hydrogen) atoms. The number of hydrogen-bond acceptors (Lipinski definition) is 5. The van der Waals surface area contributed by atoms with E-state index in [9.17, 15) is 9.59 Å². The quantitative estimate of drug-likeness (QED) is 0.722. The number of likely N-dealkylation sites (tertiary alicyclic amines) is 1. The maximum Gasteiger partial charge on any atom is 0.247 e. The Balaban J connectivity index is 1.48. The van der Waals surface area contributed by atoms with E-state index in [1.54, 1.807) is 0 Å². The van der Waals surface area contributed by atoms with Gasteiger partial charge in [0, 0.05) is 37.4 Å². The van der Waals surface area contributed by atoms with Crippen molar-refractivity contribution in [2.75, 3.05) is 19.7 Å². The molecule has 7 nitrogen and oxygen atoms in total. The smallest absolute Gasteiger partial charge is 0.247 e. The summed E-state index contributed by atoms with van der Waals surface area (Å²) >= 11 is 0. The van der Waals surface area contributed by atoms with Crippen molar-refractivity contribution in [2.24, 2.45) is 11.8 Å². The van der Waals surface area contributed by atoms with Gasteiger partial charge in [-0.1, -0.05) is 12.1 Å². The summed E-state index contributed by atoms with van der Waals surface area (Å²) in [6, 6.07) is 5.68. The number of ether oxygens (including phenoxy) is 3. The van der Waals surface area contributed by atoms with Crippen LogP contribution < -0.4 is 10.1 Å². The molecule has 0 saturated carbocycles. The van der Waals surface area contributed by atoms with Gasteiger partial charge in [-0.3, -0.25) is 9.59 Å². The fraction of sp³-hybridized carbons (Fsp3) is 0.704. The summed E-state index contributed by atoms with van der Waals surface area (Å²) in [6.07, 6.45) is 1.84. The van der Waals surface area contributed by atoms with Crippen molar-refractivity contribution in [3.63, 3.8) is 0 Å². The fourth-order valence-corrected chi connectivity index (χ4v) is 5.59. The third-order valence-electron chi connectivity index (χ3n) is 7.32. The van der Waals surface area contributed by atoms with Crippen molar-refractivity contribution in [3.05, 3.63) is 29.3 Å². The molecule has 0 radical (unpaired) electrons. The summed E-state index contributed by atoms with van der Waals surface area (Å²) in [5, 5.41) is 2.79. The molecular formula is C27H40N2O5. The molecule has 7 heteroatoms. The zero-order valence-electron chi connectivity index (χ0n) is 21.6. The summed E-state index contributed by atoms with van der Waals surface area (Å²) in [5.74, 6) is 1.05. The Hall–Kier alpha value is -2.12. The molecule has 2 amide bonds. The number of nitrogens with one attached hydrogen (secondary N) is 1. The summed E-state index contributed by atoms with van der Waals surface area (Å²) < 4.78 is 19.0. The lowest BCUT2D eigenvalue weighted by molar-refractivity contribution is -0.189. The van der Waals surface area contributed by atoms with E-state index in [0.717, 1.165) is 24.2 Å². The van der Waals surface area contributed by atoms with E-state index in [2.05, 4.69) is 44.3 Å². The molecule has 1 N–H and O–H groups in total. The van der Waals surface area contributed by atoms with E-state index in [-0.39, 0.29) is 48.1 Å². The van der Waals surface area contributed by atoms with Crippen molar-refractivity contribution in [3.8, 4) is 5.75 Å². The number of piperidine rings is 1. The van der Waals surface area contributed by atoms with E-state index in [0.29, 0.717) is 13.1 Å². The Morgan fingerprint density at radius 2 is 2.03 bits per heavy atom. The van der Waals surface area contributed by atoms with Crippen LogP contribution >= 0.6 is 0 Å². The van der Waals surface area contributed by atoms with Gasteiger partial charge in [-0.05, 0) is 66.0 Å². The number of carbonyl (C=O) groups excluding carboxylic acids is 2. The van der Waals surface area contributed by atoms with Gasteiger partial charge in [0.05, 0.1) is 24.4 Å². The predicted molar refractivity (Wildman–Crippen MR) is 130 cm³/mol. The van der Waals surface area contributed by atoms with E-state index in [1.807, 2.05) is 25.7 Å². The number of benzene rings is 1. The third kappa shape index (κ3) is 5.25. The zero-order valence-corrected chi connectivity index (χ0v) is 21.6. The van der Waals surface area contributed by atoms with Gasteiger partial charge in [0.25, 0.3) is 0 Å². The molecule has 0 unspecified atom stereocenters. The highest BCUT2D eigenvalue weighted by Crippen LogP contribution is 2.53. The highest BCUT2D eigenvalue weighted by atomic mass is 16.5. The number of nitrogens with zero attached hydrogens (tertiary/aromatic N) is 1. The van der Waals surface area contributed by atoms with Gasteiger partial charge in [0.1, 0.15) is 17.4 Å². The standard InChI is InChI=1S/C27H40N2O5/c1-16-8-9-19-23(12-16)34-27(6,7)20-13-18-14-29(11-10-22(18)33-24(19)20)25(31)21(28-17(2)30)15-32-26(3,4)5/h8-9,12,18,20-22,24H,10-11,13-15H2,1-7H3,(H,28,30)/t18-,20+,21+,22+,24-/m1/s1. The Bertz CT molecular complexity index is 937. The van der Waals surface area contributed by atoms with E-state index in [4.69, 9.17) is 14.2 Å². The van der Waals surface area contributed by atoms with E-state index >= 15 is 0 Å². The summed E-state index contributed by atoms with van der Waals surface area (Å²) in [5.41, 5.74) is 1.56. The van der Waals surface area contributed by atoms with Crippen molar-refractivity contribution in [1.29, 1.82) is 0 Å². The maximum atomic E-state index is 13.4. The molecule has 2 fully saturated rings. The second-order valence-corrected chi connectivity index (χ2v) is 11.7. The van der Waals surface area contributed by atoms with Gasteiger partial charge in [0.15, 0.2) is 0 Å². The number of hydrogen-bond donors (Lipinski definition) is 1. The van der Waals surface area contributed by atoms with Crippen LogP contribution in [0.1, 0.15) is 71.6 Å². The maximum absolute atomic E-state index is 13.4. The first kappa shape index (κ1) is 25.0. The van der Waals surface area contributed by atoms with Crippen molar-refractivity contribution in [1.82, 2.24) is 10.2 Å². The molecule has 1 aromatic rings. The van der Waals surface area contributed by atoms with Gasteiger partial charge in [0.2, 0.25) is 11.8 Å². The number of amides is 2. The van der Waals surface area contributed by atoms with Crippen LogP contribution in [-0.2, 0) is 19.1 Å². The van der Waals surface area contributed by atoms with Gasteiger partial charge >= 0.3 is 0 Å². The molecule has 0 spiro atoms. The SMILES string of the molecule is CC(=O)N[C@@H](COC(C)(C)C)C(=O)N1CC[C@@H]2O[C@@H]3c4ccc(C)cc4OC(C)(C)[C@H]3C[C@@H]2C1. The molecule has 3 aliphatic rings. The monoisotopic (exact) mass is 472 g/mol. The van der Waals surface area contributed by atoms with Crippen LogP contribution in [0.15, 0.2) is 18.2 Å². The van der Waals surface area contributed by atoms with Crippen LogP contribution in [-0.4, -0.2) is 59.8 Å². The highest BCUT2D eigenvalue weighted by molar-refractivity contribution is 5.87. The first-order chi connectivity index (χ1) is 15.8. The van der Waals surface area contributed by atoms with Crippen LogP contribution in [0.4, 0.5) is 0 Å². The fourth-order valence-electron chi connectivity index (χ4n) is 5.59. The highest BCUT2D eigenvalue weighted by Gasteiger charge is 2.51. The molecule has 0 aliphatic carbocycles. The minimum Gasteiger partial charge on any atom is -0.487 e. The number of carbonyl (C=O) groups is 2. The largest absolute Gasteiger partial charge is 0.487 e. The van der Waals surface area contributed by atoms with Gasteiger partial charge in [-0.15, -0.1) is 0 Å². The normalized spacial score (nSPS) is 28.6. The molecule has 3 heterocycles. The number of rotatable bonds is 4. The first-order valence-corrected chi connectivity index (χ1v) is 12.5. The van der Waals surface area contributed by atoms with Gasteiger partial charge < -0.3 is 24.4 Å². The van der Waals surface area contributed by atoms with Crippen molar-refractivity contribution in [2.45, 2.75) is 90.8 Å². The predicted octanol–water partition coefficient (Wildman–Crippen LogP) is 3.78. The molecule has 0 bridgehead atoms. The van der Waals surface area contributed by atoms with Crippen LogP contribution in [0.25, 0.3) is 0 Å². The van der Waals surface area contributed by atoms with Crippen LogP contribution in [0.5, 0.6) is 5.75 Å². The minimum atomic E-state index is -0.685.